The van der Waals surface area contributed by atoms with Crippen LogP contribution in [0.3, 0.4) is 0 Å². The maximum atomic E-state index is 12.7. The Kier molecular flexibility index (Phi) is 5.34. The molecular weight excluding hydrogens is 430 g/mol. The average Bonchev–Trinajstić information content (AvgIpc) is 2.75. The minimum Gasteiger partial charge on any atom is -0.469 e. The molecule has 31 heavy (non-hydrogen) atoms. The molecule has 2 bridgehead atoms. The fourth-order valence-electron chi connectivity index (χ4n) is 5.30. The van der Waals surface area contributed by atoms with Crippen LogP contribution in [0, 0.1) is 45.6 Å². The third-order valence-electron chi connectivity index (χ3n) is 6.67. The molecule has 5 rings (SSSR count). The number of esters is 2. The van der Waals surface area contributed by atoms with Gasteiger partial charge in [0.25, 0.3) is 15.8 Å². The van der Waals surface area contributed by atoms with Crippen LogP contribution in [0.5, 0.6) is 0 Å². The molecule has 10 nitrogen and oxygen atoms in total. The Hall–Kier alpha value is -2.79. The first-order valence-electron chi connectivity index (χ1n) is 9.71. The minimum absolute atomic E-state index is 0.0166. The molecule has 0 radical (unpaired) electrons. The van der Waals surface area contributed by atoms with Crippen LogP contribution in [-0.2, 0) is 33.4 Å². The van der Waals surface area contributed by atoms with Crippen LogP contribution in [0.15, 0.2) is 41.3 Å². The summed E-state index contributed by atoms with van der Waals surface area (Å²) in [5, 5.41) is 10.8. The molecule has 0 aromatic heterocycles. The molecule has 0 amide bonds. The summed E-state index contributed by atoms with van der Waals surface area (Å²) in [6.07, 6.45) is 3.46. The fraction of sp³-hybridized carbons (Fsp3) is 0.500. The second kappa shape index (κ2) is 7.72. The van der Waals surface area contributed by atoms with Gasteiger partial charge in [-0.3, -0.25) is 23.9 Å². The summed E-state index contributed by atoms with van der Waals surface area (Å²) in [5.41, 5.74) is -0.229. The van der Waals surface area contributed by atoms with E-state index in [1.165, 1.54) is 14.2 Å². The van der Waals surface area contributed by atoms with Crippen LogP contribution in [0.2, 0.25) is 0 Å². The van der Waals surface area contributed by atoms with E-state index in [2.05, 4.69) is 0 Å². The number of carbonyl (C=O) groups excluding carboxylic acids is 2. The summed E-state index contributed by atoms with van der Waals surface area (Å²) in [6, 6.07) is 4.45. The molecule has 166 valence electrons. The Morgan fingerprint density at radius 1 is 1.00 bits per heavy atom. The van der Waals surface area contributed by atoms with E-state index in [1.54, 1.807) is 0 Å². The van der Waals surface area contributed by atoms with Gasteiger partial charge in [-0.15, -0.1) is 0 Å². The largest absolute Gasteiger partial charge is 0.469 e. The first kappa shape index (κ1) is 21.4. The van der Waals surface area contributed by atoms with E-state index < -0.39 is 50.8 Å². The zero-order valence-electron chi connectivity index (χ0n) is 16.7. The van der Waals surface area contributed by atoms with Gasteiger partial charge in [0.2, 0.25) is 0 Å². The molecule has 7 atom stereocenters. The molecule has 0 saturated heterocycles. The summed E-state index contributed by atoms with van der Waals surface area (Å²) in [7, 11) is -1.65. The van der Waals surface area contributed by atoms with Gasteiger partial charge >= 0.3 is 11.9 Å². The molecule has 4 aliphatic carbocycles. The van der Waals surface area contributed by atoms with E-state index in [4.69, 9.17) is 13.7 Å². The van der Waals surface area contributed by atoms with Crippen molar-refractivity contribution in [3.8, 4) is 0 Å². The second-order valence-electron chi connectivity index (χ2n) is 7.95. The lowest BCUT2D eigenvalue weighted by Crippen LogP contribution is -2.63. The lowest BCUT2D eigenvalue weighted by molar-refractivity contribution is -0.384. The zero-order chi connectivity index (χ0) is 22.5. The van der Waals surface area contributed by atoms with E-state index in [-0.39, 0.29) is 28.3 Å². The molecule has 0 aliphatic heterocycles. The van der Waals surface area contributed by atoms with Gasteiger partial charge in [0, 0.05) is 12.1 Å². The van der Waals surface area contributed by atoms with Crippen molar-refractivity contribution in [2.45, 2.75) is 17.4 Å². The number of allylic oxidation sites excluding steroid dienone is 2. The van der Waals surface area contributed by atoms with Crippen LogP contribution in [0.4, 0.5) is 5.69 Å². The number of ether oxygens (including phenoxy) is 2. The highest BCUT2D eigenvalue weighted by Crippen LogP contribution is 2.61. The smallest absolute Gasteiger partial charge is 0.310 e. The van der Waals surface area contributed by atoms with Gasteiger partial charge in [-0.1, -0.05) is 12.2 Å². The maximum absolute atomic E-state index is 12.7. The van der Waals surface area contributed by atoms with Crippen molar-refractivity contribution in [2.24, 2.45) is 35.5 Å². The molecule has 1 aromatic rings. The van der Waals surface area contributed by atoms with E-state index in [1.807, 2.05) is 12.2 Å². The highest BCUT2D eigenvalue weighted by atomic mass is 32.2. The molecule has 1 aromatic carbocycles. The van der Waals surface area contributed by atoms with Gasteiger partial charge in [0.1, 0.15) is 0 Å². The number of fused-ring (bicyclic) bond motifs is 1. The molecule has 11 heteroatoms. The van der Waals surface area contributed by atoms with Crippen molar-refractivity contribution in [1.29, 1.82) is 0 Å². The molecule has 0 N–H and O–H groups in total. The number of nitro benzene ring substituents is 1. The first-order chi connectivity index (χ1) is 14.7. The number of hydrogen-bond donors (Lipinski definition) is 0. The third kappa shape index (κ3) is 3.41. The van der Waals surface area contributed by atoms with Gasteiger partial charge in [0.05, 0.1) is 42.0 Å². The number of methoxy groups -OCH3 is 2. The predicted molar refractivity (Wildman–Crippen MR) is 104 cm³/mol. The SMILES string of the molecule is COC(=O)[C@@H]1[C@H]2C=C[C@@H]([C@H]1C(=O)OC)[C@H]1[C@@H]2C[C@H]1OS(=O)(=O)c1ccc([N+](=O)[O-])cc1. The standard InChI is InChI=1S/C20H21NO9S/c1-28-19(22)17-12-7-8-13(18(17)20(23)29-2)16-14(12)9-15(16)30-31(26,27)11-5-3-10(4-6-11)21(24)25/h3-8,12-18H,9H2,1-2H3/t12-,13+,14+,15+,16-,17+,18+/m0/s1. The number of carbonyl (C=O) groups is 2. The van der Waals surface area contributed by atoms with Crippen LogP contribution in [0.1, 0.15) is 6.42 Å². The molecule has 4 aliphatic rings. The number of nitrogens with zero attached hydrogens (tertiary/aromatic N) is 1. The Bertz CT molecular complexity index is 1050. The quantitative estimate of drug-likeness (QED) is 0.208. The summed E-state index contributed by atoms with van der Waals surface area (Å²) < 4.78 is 40.7. The monoisotopic (exact) mass is 451 g/mol. The normalized spacial score (nSPS) is 33.2. The topological polar surface area (TPSA) is 139 Å². The van der Waals surface area contributed by atoms with Gasteiger partial charge < -0.3 is 9.47 Å². The van der Waals surface area contributed by atoms with Crippen molar-refractivity contribution >= 4 is 27.7 Å². The predicted octanol–water partition coefficient (Wildman–Crippen LogP) is 1.70. The highest BCUT2D eigenvalue weighted by Gasteiger charge is 2.64. The van der Waals surface area contributed by atoms with E-state index in [0.717, 1.165) is 24.3 Å². The van der Waals surface area contributed by atoms with Gasteiger partial charge in [-0.2, -0.15) is 8.42 Å². The lowest BCUT2D eigenvalue weighted by Gasteiger charge is -2.59. The van der Waals surface area contributed by atoms with E-state index >= 15 is 0 Å². The fourth-order valence-corrected chi connectivity index (χ4v) is 6.41. The second-order valence-corrected chi connectivity index (χ2v) is 9.53. The van der Waals surface area contributed by atoms with Crippen LogP contribution in [0.25, 0.3) is 0 Å². The number of non-ortho nitro benzene ring substituents is 1. The highest BCUT2D eigenvalue weighted by molar-refractivity contribution is 7.86. The molecule has 0 spiro atoms. The summed E-state index contributed by atoms with van der Waals surface area (Å²) in [4.78, 5) is 34.9. The van der Waals surface area contributed by atoms with Crippen molar-refractivity contribution in [3.05, 3.63) is 46.5 Å². The molecule has 2 fully saturated rings. The molecule has 0 unspecified atom stereocenters. The van der Waals surface area contributed by atoms with Crippen LogP contribution < -0.4 is 0 Å². The average molecular weight is 451 g/mol. The Morgan fingerprint density at radius 3 is 2.10 bits per heavy atom. The summed E-state index contributed by atoms with van der Waals surface area (Å²) in [5.74, 6) is -3.47. The first-order valence-corrected chi connectivity index (χ1v) is 11.1. The van der Waals surface area contributed by atoms with Gasteiger partial charge in [-0.25, -0.2) is 0 Å². The molecule has 2 saturated carbocycles. The Labute approximate surface area is 178 Å². The zero-order valence-corrected chi connectivity index (χ0v) is 17.6. The molecular formula is C20H21NO9S. The Morgan fingerprint density at radius 2 is 1.55 bits per heavy atom. The minimum atomic E-state index is -4.16. The van der Waals surface area contributed by atoms with Crippen molar-refractivity contribution in [3.63, 3.8) is 0 Å². The summed E-state index contributed by atoms with van der Waals surface area (Å²) in [6.45, 7) is 0. The number of rotatable bonds is 6. The van der Waals surface area contributed by atoms with Gasteiger partial charge in [-0.05, 0) is 42.2 Å². The van der Waals surface area contributed by atoms with Crippen molar-refractivity contribution in [1.82, 2.24) is 0 Å². The van der Waals surface area contributed by atoms with Crippen LogP contribution in [-0.4, -0.2) is 45.6 Å². The van der Waals surface area contributed by atoms with E-state index in [0.29, 0.717) is 6.42 Å². The van der Waals surface area contributed by atoms with Crippen molar-refractivity contribution in [2.75, 3.05) is 14.2 Å². The van der Waals surface area contributed by atoms with Crippen molar-refractivity contribution < 1.29 is 36.6 Å². The number of benzene rings is 1. The molecule has 0 heterocycles. The van der Waals surface area contributed by atoms with E-state index in [9.17, 15) is 28.1 Å². The number of hydrogen-bond acceptors (Lipinski definition) is 9. The van der Waals surface area contributed by atoms with Crippen LogP contribution >= 0.6 is 0 Å². The Balaban J connectivity index is 1.57. The van der Waals surface area contributed by atoms with Gasteiger partial charge in [0.15, 0.2) is 0 Å². The lowest BCUT2D eigenvalue weighted by atomic mass is 9.45. The summed E-state index contributed by atoms with van der Waals surface area (Å²) >= 11 is 0. The third-order valence-corrected chi connectivity index (χ3v) is 8.02. The maximum Gasteiger partial charge on any atom is 0.310 e. The number of nitro groups is 1.